The van der Waals surface area contributed by atoms with Gasteiger partial charge in [-0.2, -0.15) is 0 Å². The van der Waals surface area contributed by atoms with E-state index in [1.165, 1.54) is 0 Å². The Morgan fingerprint density at radius 3 is 2.89 bits per heavy atom. The maximum absolute atomic E-state index is 12.0. The van der Waals surface area contributed by atoms with Gasteiger partial charge in [0, 0.05) is 24.3 Å². The van der Waals surface area contributed by atoms with Crippen molar-refractivity contribution in [2.45, 2.75) is 6.54 Å². The van der Waals surface area contributed by atoms with Crippen LogP contribution in [-0.4, -0.2) is 18.0 Å². The van der Waals surface area contributed by atoms with E-state index in [0.29, 0.717) is 17.3 Å². The maximum atomic E-state index is 12.0. The van der Waals surface area contributed by atoms with Crippen molar-refractivity contribution in [3.8, 4) is 0 Å². The first-order valence-electron chi connectivity index (χ1n) is 5.55. The predicted molar refractivity (Wildman–Crippen MR) is 84.0 cm³/mol. The Bertz CT molecular complexity index is 588. The first kappa shape index (κ1) is 14.4. The van der Waals surface area contributed by atoms with Crippen LogP contribution in [0.15, 0.2) is 39.5 Å². The molecule has 0 saturated heterocycles. The molecule has 0 spiro atoms. The Kier molecular flexibility index (Phi) is 4.85. The van der Waals surface area contributed by atoms with Gasteiger partial charge in [0.15, 0.2) is 0 Å². The third-order valence-corrected chi connectivity index (χ3v) is 4.25. The number of carbonyl (C=O) groups excluding carboxylic acids is 1. The lowest BCUT2D eigenvalue weighted by Crippen LogP contribution is -2.30. The van der Waals surface area contributed by atoms with E-state index in [4.69, 9.17) is 11.6 Å². The van der Waals surface area contributed by atoms with Crippen molar-refractivity contribution in [2.24, 2.45) is 0 Å². The first-order valence-corrected chi connectivity index (χ1v) is 7.60. The molecule has 1 aromatic carbocycles. The molecule has 1 aromatic heterocycles. The molecule has 1 heterocycles. The minimum atomic E-state index is -0.162. The summed E-state index contributed by atoms with van der Waals surface area (Å²) in [5.41, 5.74) is 1.79. The Labute approximate surface area is 129 Å². The fourth-order valence-corrected chi connectivity index (χ4v) is 2.95. The number of hydrogen-bond acceptors (Lipinski definition) is 2. The monoisotopic (exact) mass is 358 g/mol. The Morgan fingerprint density at radius 2 is 2.26 bits per heavy atom. The third-order valence-electron chi connectivity index (χ3n) is 2.46. The van der Waals surface area contributed by atoms with Crippen LogP contribution in [-0.2, 0) is 6.54 Å². The van der Waals surface area contributed by atoms with Gasteiger partial charge in [-0.05, 0) is 51.1 Å². The van der Waals surface area contributed by atoms with E-state index in [-0.39, 0.29) is 6.03 Å². The number of benzene rings is 1. The number of carbonyl (C=O) groups is 1. The van der Waals surface area contributed by atoms with Crippen LogP contribution in [0.25, 0.3) is 0 Å². The lowest BCUT2D eigenvalue weighted by molar-refractivity contribution is 0.221. The van der Waals surface area contributed by atoms with Gasteiger partial charge in [-0.3, -0.25) is 0 Å². The molecule has 2 aromatic rings. The van der Waals surface area contributed by atoms with Crippen LogP contribution < -0.4 is 5.32 Å². The lowest BCUT2D eigenvalue weighted by atomic mass is 10.3. The summed E-state index contributed by atoms with van der Waals surface area (Å²) in [6.07, 6.45) is 0. The van der Waals surface area contributed by atoms with Gasteiger partial charge in [0.1, 0.15) is 0 Å². The summed E-state index contributed by atoms with van der Waals surface area (Å²) in [5.74, 6) is 0. The normalized spacial score (nSPS) is 10.3. The molecular formula is C13H12BrClN2OS. The van der Waals surface area contributed by atoms with Gasteiger partial charge in [0.25, 0.3) is 0 Å². The third kappa shape index (κ3) is 4.23. The lowest BCUT2D eigenvalue weighted by Gasteiger charge is -2.17. The average Bonchev–Trinajstić information content (AvgIpc) is 2.74. The van der Waals surface area contributed by atoms with Crippen LogP contribution in [0.3, 0.4) is 0 Å². The van der Waals surface area contributed by atoms with E-state index in [1.54, 1.807) is 47.5 Å². The smallest absolute Gasteiger partial charge is 0.321 e. The molecule has 6 heteroatoms. The average molecular weight is 360 g/mol. The Balaban J connectivity index is 1.96. The zero-order chi connectivity index (χ0) is 13.8. The zero-order valence-electron chi connectivity index (χ0n) is 10.2. The van der Waals surface area contributed by atoms with E-state index in [9.17, 15) is 4.79 Å². The minimum absolute atomic E-state index is 0.162. The van der Waals surface area contributed by atoms with E-state index >= 15 is 0 Å². The molecule has 3 nitrogen and oxygen atoms in total. The highest BCUT2D eigenvalue weighted by molar-refractivity contribution is 9.11. The summed E-state index contributed by atoms with van der Waals surface area (Å²) < 4.78 is 1.06. The quantitative estimate of drug-likeness (QED) is 0.836. The fourth-order valence-electron chi connectivity index (χ4n) is 1.56. The molecule has 0 aliphatic carbocycles. The van der Waals surface area contributed by atoms with E-state index < -0.39 is 0 Å². The summed E-state index contributed by atoms with van der Waals surface area (Å²) in [5, 5.41) is 5.42. The van der Waals surface area contributed by atoms with Gasteiger partial charge in [0.2, 0.25) is 0 Å². The molecule has 19 heavy (non-hydrogen) atoms. The standard InChI is InChI=1S/C13H12BrClN2OS/c1-17(7-9-5-12(14)19-8-9)13(18)16-11-4-2-3-10(15)6-11/h2-6,8H,7H2,1H3,(H,16,18). The van der Waals surface area contributed by atoms with Crippen molar-refractivity contribution in [1.29, 1.82) is 0 Å². The molecule has 0 atom stereocenters. The van der Waals surface area contributed by atoms with Crippen LogP contribution in [0.4, 0.5) is 10.5 Å². The summed E-state index contributed by atoms with van der Waals surface area (Å²) >= 11 is 10.9. The molecule has 2 rings (SSSR count). The topological polar surface area (TPSA) is 32.3 Å². The van der Waals surface area contributed by atoms with Gasteiger partial charge < -0.3 is 10.2 Å². The highest BCUT2D eigenvalue weighted by Gasteiger charge is 2.10. The van der Waals surface area contributed by atoms with Gasteiger partial charge in [-0.15, -0.1) is 11.3 Å². The number of urea groups is 1. The highest BCUT2D eigenvalue weighted by Crippen LogP contribution is 2.22. The van der Waals surface area contributed by atoms with E-state index in [0.717, 1.165) is 9.35 Å². The Hall–Kier alpha value is -1.04. The Morgan fingerprint density at radius 1 is 1.47 bits per heavy atom. The minimum Gasteiger partial charge on any atom is -0.323 e. The van der Waals surface area contributed by atoms with Gasteiger partial charge in [-0.25, -0.2) is 4.79 Å². The molecule has 1 N–H and O–H groups in total. The highest BCUT2D eigenvalue weighted by atomic mass is 79.9. The number of nitrogens with one attached hydrogen (secondary N) is 1. The van der Waals surface area contributed by atoms with Crippen LogP contribution in [0, 0.1) is 0 Å². The number of anilines is 1. The number of halogens is 2. The second-order valence-corrected chi connectivity index (χ2v) is 6.78. The molecule has 0 bridgehead atoms. The molecule has 0 unspecified atom stereocenters. The van der Waals surface area contributed by atoms with Crippen LogP contribution in [0.2, 0.25) is 5.02 Å². The van der Waals surface area contributed by atoms with Crippen LogP contribution >= 0.6 is 38.9 Å². The maximum Gasteiger partial charge on any atom is 0.321 e. The van der Waals surface area contributed by atoms with Gasteiger partial charge >= 0.3 is 6.03 Å². The summed E-state index contributed by atoms with van der Waals surface area (Å²) in [6, 6.07) is 8.93. The summed E-state index contributed by atoms with van der Waals surface area (Å²) in [7, 11) is 1.76. The van der Waals surface area contributed by atoms with Crippen molar-refractivity contribution in [1.82, 2.24) is 4.90 Å². The molecule has 100 valence electrons. The van der Waals surface area contributed by atoms with Gasteiger partial charge in [-0.1, -0.05) is 17.7 Å². The number of rotatable bonds is 3. The molecule has 0 aliphatic rings. The molecule has 0 fully saturated rings. The second kappa shape index (κ2) is 6.41. The van der Waals surface area contributed by atoms with Crippen molar-refractivity contribution in [3.05, 3.63) is 50.1 Å². The van der Waals surface area contributed by atoms with Crippen LogP contribution in [0.1, 0.15) is 5.56 Å². The van der Waals surface area contributed by atoms with Crippen molar-refractivity contribution in [2.75, 3.05) is 12.4 Å². The molecule has 2 amide bonds. The summed E-state index contributed by atoms with van der Waals surface area (Å²) in [6.45, 7) is 0.564. The first-order chi connectivity index (χ1) is 9.04. The van der Waals surface area contributed by atoms with Crippen LogP contribution in [0.5, 0.6) is 0 Å². The number of amides is 2. The second-order valence-electron chi connectivity index (χ2n) is 4.06. The summed E-state index contributed by atoms with van der Waals surface area (Å²) in [4.78, 5) is 13.6. The van der Waals surface area contributed by atoms with Crippen molar-refractivity contribution in [3.63, 3.8) is 0 Å². The number of thiophene rings is 1. The number of nitrogens with zero attached hydrogens (tertiary/aromatic N) is 1. The predicted octanol–water partition coefficient (Wildman–Crippen LogP) is 4.83. The number of hydrogen-bond donors (Lipinski definition) is 1. The molecule has 0 radical (unpaired) electrons. The fraction of sp³-hybridized carbons (Fsp3) is 0.154. The van der Waals surface area contributed by atoms with E-state index in [2.05, 4.69) is 21.2 Å². The van der Waals surface area contributed by atoms with Crippen molar-refractivity contribution < 1.29 is 4.79 Å². The van der Waals surface area contributed by atoms with Gasteiger partial charge in [0.05, 0.1) is 3.79 Å². The molecular weight excluding hydrogens is 348 g/mol. The van der Waals surface area contributed by atoms with Crippen molar-refractivity contribution >= 4 is 50.6 Å². The zero-order valence-corrected chi connectivity index (χ0v) is 13.3. The largest absolute Gasteiger partial charge is 0.323 e. The molecule has 0 saturated carbocycles. The SMILES string of the molecule is CN(Cc1csc(Br)c1)C(=O)Nc1cccc(Cl)c1. The molecule has 0 aliphatic heterocycles. The van der Waals surface area contributed by atoms with E-state index in [1.807, 2.05) is 11.4 Å².